The summed E-state index contributed by atoms with van der Waals surface area (Å²) in [6.07, 6.45) is 4.95. The van der Waals surface area contributed by atoms with Crippen molar-refractivity contribution in [1.82, 2.24) is 5.32 Å². The maximum absolute atomic E-state index is 10.6. The predicted molar refractivity (Wildman–Crippen MR) is 48.7 cm³/mol. The van der Waals surface area contributed by atoms with E-state index >= 15 is 0 Å². The molecule has 1 saturated carbocycles. The second-order valence-electron chi connectivity index (χ2n) is 3.23. The highest BCUT2D eigenvalue weighted by atomic mass is 35.5. The highest BCUT2D eigenvalue weighted by Crippen LogP contribution is 2.43. The summed E-state index contributed by atoms with van der Waals surface area (Å²) in [6.45, 7) is 0. The Morgan fingerprint density at radius 2 is 2.46 bits per heavy atom. The van der Waals surface area contributed by atoms with Crippen LogP contribution in [0, 0.1) is 5.92 Å². The Morgan fingerprint density at radius 1 is 1.77 bits per heavy atom. The molecule has 4 nitrogen and oxygen atoms in total. The third kappa shape index (κ3) is 1.54. The van der Waals surface area contributed by atoms with Gasteiger partial charge < -0.3 is 10.4 Å². The third-order valence-electron chi connectivity index (χ3n) is 2.15. The van der Waals surface area contributed by atoms with Crippen molar-refractivity contribution < 1.29 is 9.90 Å². The summed E-state index contributed by atoms with van der Waals surface area (Å²) in [6, 6.07) is 0. The maximum Gasteiger partial charge on any atom is 0.354 e. The smallest absolute Gasteiger partial charge is 0.354 e. The van der Waals surface area contributed by atoms with Gasteiger partial charge in [-0.3, -0.25) is 0 Å². The molecule has 0 amide bonds. The molecule has 1 unspecified atom stereocenters. The van der Waals surface area contributed by atoms with Crippen LogP contribution < -0.4 is 5.32 Å². The van der Waals surface area contributed by atoms with Gasteiger partial charge in [-0.25, -0.2) is 9.79 Å². The normalized spacial score (nSPS) is 32.2. The zero-order valence-electron chi connectivity index (χ0n) is 6.83. The zero-order chi connectivity index (χ0) is 9.47. The molecule has 2 rings (SSSR count). The van der Waals surface area contributed by atoms with Gasteiger partial charge in [-0.15, -0.1) is 0 Å². The quantitative estimate of drug-likeness (QED) is 0.515. The zero-order valence-corrected chi connectivity index (χ0v) is 7.58. The summed E-state index contributed by atoms with van der Waals surface area (Å²) in [7, 11) is 0. The highest BCUT2D eigenvalue weighted by Gasteiger charge is 2.44. The van der Waals surface area contributed by atoms with E-state index in [4.69, 9.17) is 16.7 Å². The van der Waals surface area contributed by atoms with Gasteiger partial charge in [0, 0.05) is 12.1 Å². The number of halogens is 1. The van der Waals surface area contributed by atoms with E-state index in [0.717, 1.165) is 12.8 Å². The lowest BCUT2D eigenvalue weighted by atomic mass is 10.2. The number of carboxylic acids is 1. The van der Waals surface area contributed by atoms with Crippen LogP contribution in [-0.4, -0.2) is 21.9 Å². The number of hydrogen-bond acceptors (Lipinski definition) is 3. The van der Waals surface area contributed by atoms with E-state index in [1.165, 1.54) is 6.08 Å². The number of nitrogens with one attached hydrogen (secondary N) is 1. The van der Waals surface area contributed by atoms with Gasteiger partial charge in [-0.05, 0) is 18.9 Å². The molecule has 0 aromatic rings. The fourth-order valence-electron chi connectivity index (χ4n) is 1.28. The summed E-state index contributed by atoms with van der Waals surface area (Å²) in [4.78, 5) is 14.6. The van der Waals surface area contributed by atoms with Gasteiger partial charge in [-0.2, -0.15) is 0 Å². The van der Waals surface area contributed by atoms with Gasteiger partial charge in [0.05, 0.1) is 0 Å². The van der Waals surface area contributed by atoms with Crippen LogP contribution in [-0.2, 0) is 4.79 Å². The lowest BCUT2D eigenvalue weighted by Gasteiger charge is -2.25. The lowest BCUT2D eigenvalue weighted by molar-refractivity contribution is -0.129. The molecule has 1 heterocycles. The van der Waals surface area contributed by atoms with Gasteiger partial charge in [-0.1, -0.05) is 11.6 Å². The fraction of sp³-hybridized carbons (Fsp3) is 0.500. The van der Waals surface area contributed by atoms with Gasteiger partial charge in [0.25, 0.3) is 0 Å². The number of aliphatic imine (C=N–C) groups is 1. The molecule has 1 aliphatic carbocycles. The maximum atomic E-state index is 10.6. The van der Waals surface area contributed by atoms with Crippen LogP contribution in [0.5, 0.6) is 0 Å². The van der Waals surface area contributed by atoms with Crippen molar-refractivity contribution in [1.29, 1.82) is 0 Å². The number of carboxylic acid groups (broad SMARTS) is 1. The standard InChI is InChI=1S/C8H9ClN2O2/c9-8(5-1-2-5)10-4-3-6(11-8)7(12)13/h3-5,10H,1-2H2,(H,12,13). The fourth-order valence-corrected chi connectivity index (χ4v) is 1.65. The first-order chi connectivity index (χ1) is 6.12. The predicted octanol–water partition coefficient (Wildman–Crippen LogP) is 0.931. The Kier molecular flexibility index (Phi) is 1.80. The van der Waals surface area contributed by atoms with Crippen LogP contribution in [0.3, 0.4) is 0 Å². The first-order valence-corrected chi connectivity index (χ1v) is 4.46. The first kappa shape index (κ1) is 8.56. The minimum atomic E-state index is -1.04. The molecule has 0 aromatic carbocycles. The third-order valence-corrected chi connectivity index (χ3v) is 2.65. The van der Waals surface area contributed by atoms with Gasteiger partial charge in [0.1, 0.15) is 5.71 Å². The van der Waals surface area contributed by atoms with Crippen LogP contribution in [0.2, 0.25) is 0 Å². The van der Waals surface area contributed by atoms with Crippen molar-refractivity contribution >= 4 is 23.3 Å². The second kappa shape index (κ2) is 2.73. The molecule has 0 aromatic heterocycles. The molecule has 0 bridgehead atoms. The van der Waals surface area contributed by atoms with E-state index in [9.17, 15) is 4.79 Å². The Labute approximate surface area is 80.3 Å². The Morgan fingerprint density at radius 3 is 3.00 bits per heavy atom. The summed E-state index contributed by atoms with van der Waals surface area (Å²) in [5.74, 6) is -0.781. The van der Waals surface area contributed by atoms with Crippen LogP contribution in [0.15, 0.2) is 17.3 Å². The molecule has 5 heteroatoms. The number of hydrogen-bond donors (Lipinski definition) is 2. The van der Waals surface area contributed by atoms with Crippen LogP contribution in [0.4, 0.5) is 0 Å². The molecule has 0 saturated heterocycles. The molecule has 1 fully saturated rings. The average molecular weight is 201 g/mol. The first-order valence-electron chi connectivity index (χ1n) is 4.08. The summed E-state index contributed by atoms with van der Waals surface area (Å²) in [5.41, 5.74) is 0.0145. The van der Waals surface area contributed by atoms with Gasteiger partial charge in [0.15, 0.2) is 0 Å². The SMILES string of the molecule is O=C(O)C1=NC(Cl)(C2CC2)NC=C1. The van der Waals surface area contributed by atoms with E-state index in [2.05, 4.69) is 10.3 Å². The van der Waals surface area contributed by atoms with Crippen LogP contribution >= 0.6 is 11.6 Å². The highest BCUT2D eigenvalue weighted by molar-refractivity contribution is 6.41. The Balaban J connectivity index is 2.24. The van der Waals surface area contributed by atoms with Crippen LogP contribution in [0.1, 0.15) is 12.8 Å². The summed E-state index contributed by atoms with van der Waals surface area (Å²) >= 11 is 6.10. The minimum absolute atomic E-state index is 0.0145. The van der Waals surface area contributed by atoms with E-state index in [0.29, 0.717) is 0 Å². The lowest BCUT2D eigenvalue weighted by Crippen LogP contribution is -2.41. The van der Waals surface area contributed by atoms with Crippen molar-refractivity contribution in [3.63, 3.8) is 0 Å². The molecule has 2 N–H and O–H groups in total. The molecule has 0 spiro atoms. The topological polar surface area (TPSA) is 61.7 Å². The van der Waals surface area contributed by atoms with E-state index in [1.807, 2.05) is 0 Å². The van der Waals surface area contributed by atoms with Crippen molar-refractivity contribution in [2.45, 2.75) is 18.0 Å². The van der Waals surface area contributed by atoms with Gasteiger partial charge in [0.2, 0.25) is 5.12 Å². The average Bonchev–Trinajstić information content (AvgIpc) is 2.86. The Bertz CT molecular complexity index is 309. The number of carbonyl (C=O) groups is 1. The molecule has 13 heavy (non-hydrogen) atoms. The van der Waals surface area contributed by atoms with Crippen molar-refractivity contribution in [3.05, 3.63) is 12.3 Å². The second-order valence-corrected chi connectivity index (χ2v) is 3.80. The van der Waals surface area contributed by atoms with Crippen LogP contribution in [0.25, 0.3) is 0 Å². The largest absolute Gasteiger partial charge is 0.477 e. The van der Waals surface area contributed by atoms with Gasteiger partial charge >= 0.3 is 5.97 Å². The monoisotopic (exact) mass is 200 g/mol. The van der Waals surface area contributed by atoms with Crippen molar-refractivity contribution in [3.8, 4) is 0 Å². The van der Waals surface area contributed by atoms with Crippen molar-refractivity contribution in [2.75, 3.05) is 0 Å². The van der Waals surface area contributed by atoms with Crippen molar-refractivity contribution in [2.24, 2.45) is 10.9 Å². The van der Waals surface area contributed by atoms with E-state index in [-0.39, 0.29) is 11.6 Å². The molecular formula is C8H9ClN2O2. The minimum Gasteiger partial charge on any atom is -0.477 e. The number of aliphatic carboxylic acids is 1. The molecule has 1 atom stereocenters. The van der Waals surface area contributed by atoms with E-state index in [1.54, 1.807) is 6.20 Å². The number of rotatable bonds is 2. The molecule has 70 valence electrons. The number of nitrogens with zero attached hydrogens (tertiary/aromatic N) is 1. The molecular weight excluding hydrogens is 192 g/mol. The summed E-state index contributed by atoms with van der Waals surface area (Å²) in [5, 5.41) is 10.7. The molecule has 1 aliphatic heterocycles. The van der Waals surface area contributed by atoms with E-state index < -0.39 is 11.1 Å². The molecule has 0 radical (unpaired) electrons. The summed E-state index contributed by atoms with van der Waals surface area (Å²) < 4.78 is 0. The Hall–Kier alpha value is -1.03. The molecule has 2 aliphatic rings. The number of alkyl halides is 1.